The molecule has 0 aliphatic carbocycles. The highest BCUT2D eigenvalue weighted by molar-refractivity contribution is 5.98. The third kappa shape index (κ3) is 3.23. The number of ether oxygens (including phenoxy) is 1. The van der Waals surface area contributed by atoms with E-state index < -0.39 is 0 Å². The highest BCUT2D eigenvalue weighted by atomic mass is 16.5. The topological polar surface area (TPSA) is 68.5 Å². The fourth-order valence-electron chi connectivity index (χ4n) is 2.32. The molecule has 1 aromatic rings. The number of nitrogen functional groups attached to an aromatic ring is 1. The molecule has 1 unspecified atom stereocenters. The summed E-state index contributed by atoms with van der Waals surface area (Å²) < 4.78 is 5.58. The zero-order valence-corrected chi connectivity index (χ0v) is 11.6. The third-order valence-electron chi connectivity index (χ3n) is 3.42. The summed E-state index contributed by atoms with van der Waals surface area (Å²) in [5.41, 5.74) is 7.69. The van der Waals surface area contributed by atoms with E-state index in [1.807, 2.05) is 13.8 Å². The Labute approximate surface area is 113 Å². The number of carbonyl (C=O) groups excluding carboxylic acids is 1. The van der Waals surface area contributed by atoms with Gasteiger partial charge in [0.05, 0.1) is 11.7 Å². The summed E-state index contributed by atoms with van der Waals surface area (Å²) in [6.07, 6.45) is 3.81. The van der Waals surface area contributed by atoms with Crippen molar-refractivity contribution in [1.82, 2.24) is 9.88 Å². The Bertz CT molecular complexity index is 456. The lowest BCUT2D eigenvalue weighted by atomic mass is 10.1. The predicted molar refractivity (Wildman–Crippen MR) is 73.9 cm³/mol. The van der Waals surface area contributed by atoms with E-state index in [1.165, 1.54) is 0 Å². The molecule has 0 bridgehead atoms. The minimum Gasteiger partial charge on any atom is -0.398 e. The van der Waals surface area contributed by atoms with Crippen molar-refractivity contribution in [2.75, 3.05) is 25.4 Å². The van der Waals surface area contributed by atoms with E-state index in [0.29, 0.717) is 24.3 Å². The van der Waals surface area contributed by atoms with Crippen LogP contribution in [0, 0.1) is 6.92 Å². The molecule has 1 saturated heterocycles. The van der Waals surface area contributed by atoms with Gasteiger partial charge < -0.3 is 15.4 Å². The summed E-state index contributed by atoms with van der Waals surface area (Å²) in [5, 5.41) is 0. The molecule has 5 heteroatoms. The molecule has 0 saturated carbocycles. The first kappa shape index (κ1) is 13.8. The maximum atomic E-state index is 12.4. The van der Waals surface area contributed by atoms with Gasteiger partial charge in [0.2, 0.25) is 0 Å². The van der Waals surface area contributed by atoms with Crippen LogP contribution in [0.4, 0.5) is 5.69 Å². The van der Waals surface area contributed by atoms with Crippen LogP contribution in [0.3, 0.4) is 0 Å². The number of likely N-dealkylation sites (N-methyl/N-ethyl adjacent to an activating group) is 1. The summed E-state index contributed by atoms with van der Waals surface area (Å²) in [5.74, 6) is -0.0667. The van der Waals surface area contributed by atoms with Crippen LogP contribution < -0.4 is 5.73 Å². The van der Waals surface area contributed by atoms with Crippen molar-refractivity contribution < 1.29 is 9.53 Å². The Morgan fingerprint density at radius 2 is 2.42 bits per heavy atom. The second-order valence-electron chi connectivity index (χ2n) is 4.89. The zero-order valence-electron chi connectivity index (χ0n) is 11.6. The smallest absolute Gasteiger partial charge is 0.257 e. The number of aromatic nitrogens is 1. The van der Waals surface area contributed by atoms with Crippen molar-refractivity contribution in [3.05, 3.63) is 23.5 Å². The number of rotatable bonds is 4. The van der Waals surface area contributed by atoms with Crippen LogP contribution in [0.25, 0.3) is 0 Å². The molecule has 1 aliphatic rings. The van der Waals surface area contributed by atoms with Crippen LogP contribution in [0.5, 0.6) is 0 Å². The van der Waals surface area contributed by atoms with Gasteiger partial charge in [0, 0.05) is 37.3 Å². The number of anilines is 1. The van der Waals surface area contributed by atoms with Gasteiger partial charge in [-0.05, 0) is 32.8 Å². The first-order chi connectivity index (χ1) is 9.11. The lowest BCUT2D eigenvalue weighted by Crippen LogP contribution is -2.37. The van der Waals surface area contributed by atoms with E-state index in [9.17, 15) is 4.79 Å². The van der Waals surface area contributed by atoms with Gasteiger partial charge in [0.25, 0.3) is 5.91 Å². The van der Waals surface area contributed by atoms with E-state index in [1.54, 1.807) is 17.2 Å². The van der Waals surface area contributed by atoms with Crippen LogP contribution in [-0.4, -0.2) is 41.6 Å². The fourth-order valence-corrected chi connectivity index (χ4v) is 2.32. The van der Waals surface area contributed by atoms with Crippen LogP contribution in [0.15, 0.2) is 12.3 Å². The lowest BCUT2D eigenvalue weighted by molar-refractivity contribution is 0.0539. The molecule has 1 amide bonds. The van der Waals surface area contributed by atoms with Crippen molar-refractivity contribution in [1.29, 1.82) is 0 Å². The number of amides is 1. The van der Waals surface area contributed by atoms with E-state index in [2.05, 4.69) is 4.98 Å². The second-order valence-corrected chi connectivity index (χ2v) is 4.89. The van der Waals surface area contributed by atoms with E-state index >= 15 is 0 Å². The summed E-state index contributed by atoms with van der Waals surface area (Å²) in [4.78, 5) is 18.4. The molecular formula is C14H21N3O2. The van der Waals surface area contributed by atoms with Crippen molar-refractivity contribution in [3.63, 3.8) is 0 Å². The van der Waals surface area contributed by atoms with Gasteiger partial charge in [0.15, 0.2) is 0 Å². The minimum absolute atomic E-state index is 0.0667. The third-order valence-corrected chi connectivity index (χ3v) is 3.42. The van der Waals surface area contributed by atoms with Gasteiger partial charge in [-0.2, -0.15) is 0 Å². The van der Waals surface area contributed by atoms with Gasteiger partial charge in [-0.15, -0.1) is 0 Å². The standard InChI is InChI=1S/C14H21N3O2/c1-3-17(9-11-5-4-6-19-11)14(18)12-8-16-10(2)7-13(12)15/h7-8,11H,3-6,9H2,1-2H3,(H2,15,16). The molecule has 1 aromatic heterocycles. The fraction of sp³-hybridized carbons (Fsp3) is 0.571. The van der Waals surface area contributed by atoms with Crippen LogP contribution >= 0.6 is 0 Å². The Balaban J connectivity index is 2.10. The van der Waals surface area contributed by atoms with Gasteiger partial charge in [-0.25, -0.2) is 0 Å². The van der Waals surface area contributed by atoms with Crippen molar-refractivity contribution in [3.8, 4) is 0 Å². The molecule has 19 heavy (non-hydrogen) atoms. The first-order valence-corrected chi connectivity index (χ1v) is 6.74. The van der Waals surface area contributed by atoms with E-state index in [4.69, 9.17) is 10.5 Å². The number of carbonyl (C=O) groups is 1. The number of nitrogens with zero attached hydrogens (tertiary/aromatic N) is 2. The van der Waals surface area contributed by atoms with Gasteiger partial charge in [-0.3, -0.25) is 9.78 Å². The van der Waals surface area contributed by atoms with E-state index in [0.717, 1.165) is 25.1 Å². The number of pyridine rings is 1. The molecule has 2 rings (SSSR count). The first-order valence-electron chi connectivity index (χ1n) is 6.74. The molecule has 0 radical (unpaired) electrons. The molecule has 2 N–H and O–H groups in total. The van der Waals surface area contributed by atoms with Crippen molar-refractivity contribution in [2.45, 2.75) is 32.8 Å². The monoisotopic (exact) mass is 263 g/mol. The molecule has 0 aromatic carbocycles. The van der Waals surface area contributed by atoms with Crippen LogP contribution in [-0.2, 0) is 4.74 Å². The molecule has 1 atom stereocenters. The molecule has 0 spiro atoms. The Morgan fingerprint density at radius 3 is 3.00 bits per heavy atom. The van der Waals surface area contributed by atoms with Crippen LogP contribution in [0.2, 0.25) is 0 Å². The van der Waals surface area contributed by atoms with Gasteiger partial charge in [-0.1, -0.05) is 0 Å². The maximum absolute atomic E-state index is 12.4. The average molecular weight is 263 g/mol. The lowest BCUT2D eigenvalue weighted by Gasteiger charge is -2.24. The highest BCUT2D eigenvalue weighted by Crippen LogP contribution is 2.17. The summed E-state index contributed by atoms with van der Waals surface area (Å²) in [6, 6.07) is 1.73. The molecule has 5 nitrogen and oxygen atoms in total. The van der Waals surface area contributed by atoms with Gasteiger partial charge in [0.1, 0.15) is 0 Å². The predicted octanol–water partition coefficient (Wildman–Crippen LogP) is 1.61. The Kier molecular flexibility index (Phi) is 4.37. The number of nitrogens with two attached hydrogens (primary N) is 1. The highest BCUT2D eigenvalue weighted by Gasteiger charge is 2.23. The molecular weight excluding hydrogens is 242 g/mol. The maximum Gasteiger partial charge on any atom is 0.257 e. The molecule has 1 fully saturated rings. The summed E-state index contributed by atoms with van der Waals surface area (Å²) >= 11 is 0. The molecule has 104 valence electrons. The quantitative estimate of drug-likeness (QED) is 0.896. The minimum atomic E-state index is -0.0667. The van der Waals surface area contributed by atoms with Crippen molar-refractivity contribution in [2.24, 2.45) is 0 Å². The normalized spacial score (nSPS) is 18.5. The second kappa shape index (κ2) is 6.02. The molecule has 2 heterocycles. The number of hydrogen-bond acceptors (Lipinski definition) is 4. The SMILES string of the molecule is CCN(CC1CCCO1)C(=O)c1cnc(C)cc1N. The van der Waals surface area contributed by atoms with Crippen LogP contribution in [0.1, 0.15) is 35.8 Å². The van der Waals surface area contributed by atoms with Crippen molar-refractivity contribution >= 4 is 11.6 Å². The average Bonchev–Trinajstić information content (AvgIpc) is 2.88. The van der Waals surface area contributed by atoms with Gasteiger partial charge >= 0.3 is 0 Å². The number of hydrogen-bond donors (Lipinski definition) is 1. The summed E-state index contributed by atoms with van der Waals surface area (Å²) in [7, 11) is 0. The number of aryl methyl sites for hydroxylation is 1. The zero-order chi connectivity index (χ0) is 13.8. The summed E-state index contributed by atoms with van der Waals surface area (Å²) in [6.45, 7) is 5.89. The Hall–Kier alpha value is -1.62. The largest absolute Gasteiger partial charge is 0.398 e. The van der Waals surface area contributed by atoms with E-state index in [-0.39, 0.29) is 12.0 Å². The Morgan fingerprint density at radius 1 is 1.63 bits per heavy atom. The molecule has 1 aliphatic heterocycles.